The van der Waals surface area contributed by atoms with E-state index in [0.29, 0.717) is 0 Å². The maximum atomic E-state index is 14.5. The van der Waals surface area contributed by atoms with E-state index in [1.807, 2.05) is 0 Å². The van der Waals surface area contributed by atoms with Crippen molar-refractivity contribution >= 4 is 22.6 Å². The van der Waals surface area contributed by atoms with Gasteiger partial charge in [-0.1, -0.05) is 11.6 Å². The molecule has 9 heteroatoms. The molecule has 26 heavy (non-hydrogen) atoms. The van der Waals surface area contributed by atoms with Gasteiger partial charge in [-0.2, -0.15) is 5.10 Å². The molecule has 0 radical (unpaired) electrons. The molecule has 136 valence electrons. The molecule has 7 nitrogen and oxygen atoms in total. The lowest BCUT2D eigenvalue weighted by atomic mass is 10.2. The fourth-order valence-corrected chi connectivity index (χ4v) is 3.49. The van der Waals surface area contributed by atoms with Crippen molar-refractivity contribution in [1.29, 1.82) is 0 Å². The number of H-pyrrole nitrogens is 1. The molecule has 1 saturated carbocycles. The molecule has 4 rings (SSSR count). The second-order valence-corrected chi connectivity index (χ2v) is 6.77. The van der Waals surface area contributed by atoms with Gasteiger partial charge in [0, 0.05) is 13.1 Å². The number of nitrogens with one attached hydrogen (secondary N) is 1. The molecule has 0 bridgehead atoms. The van der Waals surface area contributed by atoms with Crippen LogP contribution in [0, 0.1) is 5.82 Å². The Balaban J connectivity index is 1.89. The lowest BCUT2D eigenvalue weighted by Crippen LogP contribution is -2.34. The summed E-state index contributed by atoms with van der Waals surface area (Å²) in [6.45, 7) is 0. The van der Waals surface area contributed by atoms with Gasteiger partial charge < -0.3 is 4.74 Å². The Hall–Kier alpha value is -2.61. The summed E-state index contributed by atoms with van der Waals surface area (Å²) in [5, 5.41) is 4.23. The summed E-state index contributed by atoms with van der Waals surface area (Å²) in [7, 11) is 1.60. The zero-order chi connectivity index (χ0) is 18.4. The number of fused-ring (bicyclic) bond motifs is 1. The van der Waals surface area contributed by atoms with E-state index in [1.165, 1.54) is 16.9 Å². The van der Waals surface area contributed by atoms with Crippen LogP contribution >= 0.6 is 11.6 Å². The topological polar surface area (TPSA) is 81.9 Å². The van der Waals surface area contributed by atoms with Crippen LogP contribution in [-0.4, -0.2) is 25.4 Å². The van der Waals surface area contributed by atoms with E-state index in [0.717, 1.165) is 36.3 Å². The summed E-state index contributed by atoms with van der Waals surface area (Å²) >= 11 is 6.09. The summed E-state index contributed by atoms with van der Waals surface area (Å²) < 4.78 is 22.5. The molecule has 0 unspecified atom stereocenters. The van der Waals surface area contributed by atoms with Crippen LogP contribution in [0.4, 0.5) is 4.39 Å². The van der Waals surface area contributed by atoms with Crippen LogP contribution in [0.5, 0.6) is 5.75 Å². The Morgan fingerprint density at radius 3 is 2.77 bits per heavy atom. The van der Waals surface area contributed by atoms with E-state index >= 15 is 0 Å². The van der Waals surface area contributed by atoms with Gasteiger partial charge in [-0.15, -0.1) is 0 Å². The summed E-state index contributed by atoms with van der Waals surface area (Å²) in [5.74, 6) is -0.530. The van der Waals surface area contributed by atoms with Crippen LogP contribution in [0.2, 0.25) is 5.02 Å². The number of rotatable bonds is 3. The lowest BCUT2D eigenvalue weighted by Gasteiger charge is -2.16. The van der Waals surface area contributed by atoms with Crippen molar-refractivity contribution in [3.63, 3.8) is 0 Å². The number of halogens is 2. The van der Waals surface area contributed by atoms with Crippen LogP contribution in [0.1, 0.15) is 25.7 Å². The first-order chi connectivity index (χ1) is 12.5. The number of aromatic amines is 1. The number of aromatic nitrogens is 4. The number of hydrogen-bond acceptors (Lipinski definition) is 4. The lowest BCUT2D eigenvalue weighted by molar-refractivity contribution is 0.210. The zero-order valence-electron chi connectivity index (χ0n) is 14.0. The molecule has 0 aliphatic heterocycles. The molecule has 1 aromatic carbocycles. The predicted molar refractivity (Wildman–Crippen MR) is 94.8 cm³/mol. The van der Waals surface area contributed by atoms with E-state index in [1.54, 1.807) is 7.05 Å². The van der Waals surface area contributed by atoms with Gasteiger partial charge in [0.1, 0.15) is 22.6 Å². The minimum Gasteiger partial charge on any atom is -0.489 e. The first-order valence-corrected chi connectivity index (χ1v) is 8.66. The van der Waals surface area contributed by atoms with Gasteiger partial charge in [-0.05, 0) is 31.7 Å². The van der Waals surface area contributed by atoms with Crippen molar-refractivity contribution in [1.82, 2.24) is 19.3 Å². The van der Waals surface area contributed by atoms with Crippen LogP contribution < -0.4 is 16.0 Å². The van der Waals surface area contributed by atoms with Gasteiger partial charge in [-0.25, -0.2) is 13.8 Å². The largest absolute Gasteiger partial charge is 0.489 e. The average molecular weight is 379 g/mol. The summed E-state index contributed by atoms with van der Waals surface area (Å²) in [6.07, 6.45) is 5.24. The maximum Gasteiger partial charge on any atom is 0.334 e. The van der Waals surface area contributed by atoms with Crippen molar-refractivity contribution in [2.75, 3.05) is 0 Å². The fourth-order valence-electron chi connectivity index (χ4n) is 3.30. The molecule has 1 aliphatic carbocycles. The highest BCUT2D eigenvalue weighted by Gasteiger charge is 2.21. The molecule has 0 spiro atoms. The molecule has 0 saturated heterocycles. The van der Waals surface area contributed by atoms with Gasteiger partial charge >= 0.3 is 5.69 Å². The normalized spacial score (nSPS) is 15.0. The van der Waals surface area contributed by atoms with Crippen LogP contribution in [0.25, 0.3) is 16.7 Å². The minimum atomic E-state index is -0.787. The van der Waals surface area contributed by atoms with E-state index in [9.17, 15) is 14.0 Å². The Morgan fingerprint density at radius 1 is 1.31 bits per heavy atom. The molecule has 1 fully saturated rings. The molecule has 0 amide bonds. The SMILES string of the molecule is Cn1ncc2c(=O)n(-c3cc(OC4CCCC4)c(Cl)cc3F)c(=O)[nH]c21. The van der Waals surface area contributed by atoms with Crippen LogP contribution in [0.3, 0.4) is 0 Å². The van der Waals surface area contributed by atoms with Crippen LogP contribution in [-0.2, 0) is 7.05 Å². The molecule has 2 aromatic heterocycles. The third-order valence-electron chi connectivity index (χ3n) is 4.64. The summed E-state index contributed by atoms with van der Waals surface area (Å²) in [4.78, 5) is 27.7. The Bertz CT molecular complexity index is 1110. The number of nitrogens with zero attached hydrogens (tertiary/aromatic N) is 3. The van der Waals surface area contributed by atoms with E-state index < -0.39 is 17.1 Å². The molecule has 0 atom stereocenters. The Kier molecular flexibility index (Phi) is 4.07. The molecule has 1 N–H and O–H groups in total. The molecular weight excluding hydrogens is 363 g/mol. The quantitative estimate of drug-likeness (QED) is 0.759. The number of benzene rings is 1. The highest BCUT2D eigenvalue weighted by Crippen LogP contribution is 2.32. The number of hydrogen-bond donors (Lipinski definition) is 1. The number of aryl methyl sites for hydroxylation is 1. The van der Waals surface area contributed by atoms with Crippen molar-refractivity contribution in [3.8, 4) is 11.4 Å². The van der Waals surface area contributed by atoms with Gasteiger partial charge in [0.05, 0.1) is 23.0 Å². The van der Waals surface area contributed by atoms with Crippen molar-refractivity contribution < 1.29 is 9.13 Å². The van der Waals surface area contributed by atoms with Gasteiger partial charge in [-0.3, -0.25) is 14.5 Å². The highest BCUT2D eigenvalue weighted by atomic mass is 35.5. The van der Waals surface area contributed by atoms with Crippen LogP contribution in [0.15, 0.2) is 27.9 Å². The minimum absolute atomic E-state index is 0.00150. The van der Waals surface area contributed by atoms with E-state index in [4.69, 9.17) is 16.3 Å². The monoisotopic (exact) mass is 378 g/mol. The average Bonchev–Trinajstić information content (AvgIpc) is 3.22. The van der Waals surface area contributed by atoms with Crippen molar-refractivity contribution in [2.24, 2.45) is 7.05 Å². The van der Waals surface area contributed by atoms with Gasteiger partial charge in [0.25, 0.3) is 5.56 Å². The molecule has 1 aliphatic rings. The van der Waals surface area contributed by atoms with E-state index in [-0.39, 0.29) is 33.6 Å². The third-order valence-corrected chi connectivity index (χ3v) is 4.93. The first kappa shape index (κ1) is 16.8. The predicted octanol–water partition coefficient (Wildman–Crippen LogP) is 2.53. The Labute approximate surface area is 152 Å². The summed E-state index contributed by atoms with van der Waals surface area (Å²) in [5.41, 5.74) is -1.36. The maximum absolute atomic E-state index is 14.5. The third kappa shape index (κ3) is 2.70. The zero-order valence-corrected chi connectivity index (χ0v) is 14.7. The van der Waals surface area contributed by atoms with Gasteiger partial charge in [0.15, 0.2) is 0 Å². The van der Waals surface area contributed by atoms with E-state index in [2.05, 4.69) is 10.1 Å². The summed E-state index contributed by atoms with van der Waals surface area (Å²) in [6, 6.07) is 2.36. The second kappa shape index (κ2) is 6.28. The number of ether oxygens (including phenoxy) is 1. The first-order valence-electron chi connectivity index (χ1n) is 8.29. The second-order valence-electron chi connectivity index (χ2n) is 6.36. The smallest absolute Gasteiger partial charge is 0.334 e. The molecule has 2 heterocycles. The standard InChI is InChI=1S/C17H16ClFN4O3/c1-22-15-10(8-20-22)16(24)23(17(25)21-15)13-7-14(11(18)6-12(13)19)26-9-4-2-3-5-9/h6-9H,2-5H2,1H3,(H,21,25). The van der Waals surface area contributed by atoms with Crippen molar-refractivity contribution in [3.05, 3.63) is 50.0 Å². The fraction of sp³-hybridized carbons (Fsp3) is 0.353. The van der Waals surface area contributed by atoms with Gasteiger partial charge in [0.2, 0.25) is 0 Å². The molecule has 3 aromatic rings. The highest BCUT2D eigenvalue weighted by molar-refractivity contribution is 6.32. The Morgan fingerprint density at radius 2 is 2.04 bits per heavy atom. The van der Waals surface area contributed by atoms with Crippen molar-refractivity contribution in [2.45, 2.75) is 31.8 Å². The molecular formula is C17H16ClFN4O3.